The van der Waals surface area contributed by atoms with Crippen LogP contribution in [0.25, 0.3) is 0 Å². The number of allylic oxidation sites excluding steroid dienone is 1. The smallest absolute Gasteiger partial charge is 0.325 e. The molecule has 7 heteroatoms. The molecule has 4 rings (SSSR count). The van der Waals surface area contributed by atoms with Gasteiger partial charge in [0.15, 0.2) is 5.78 Å². The van der Waals surface area contributed by atoms with Gasteiger partial charge in [-0.25, -0.2) is 0 Å². The van der Waals surface area contributed by atoms with Crippen molar-refractivity contribution in [2.75, 3.05) is 13.1 Å². The van der Waals surface area contributed by atoms with Crippen LogP contribution in [0.15, 0.2) is 11.6 Å². The lowest BCUT2D eigenvalue weighted by atomic mass is 9.47. The van der Waals surface area contributed by atoms with Gasteiger partial charge in [-0.3, -0.25) is 19.2 Å². The normalized spacial score (nSPS) is 28.5. The lowest BCUT2D eigenvalue weighted by Gasteiger charge is -2.57. The molecule has 3 saturated carbocycles. The van der Waals surface area contributed by atoms with Crippen LogP contribution in [-0.4, -0.2) is 42.8 Å². The molecule has 0 aromatic carbocycles. The van der Waals surface area contributed by atoms with E-state index in [1.54, 1.807) is 0 Å². The van der Waals surface area contributed by atoms with E-state index in [-0.39, 0.29) is 41.7 Å². The first-order valence-electron chi connectivity index (χ1n) is 19.3. The summed E-state index contributed by atoms with van der Waals surface area (Å²) in [5.74, 6) is 1.04. The molecule has 2 N–H and O–H groups in total. The van der Waals surface area contributed by atoms with E-state index >= 15 is 0 Å². The minimum Gasteiger partial charge on any atom is -0.460 e. The largest absolute Gasteiger partial charge is 0.460 e. The Labute approximate surface area is 289 Å². The fourth-order valence-corrected chi connectivity index (χ4v) is 8.05. The highest BCUT2D eigenvalue weighted by Crippen LogP contribution is 2.65. The van der Waals surface area contributed by atoms with Crippen molar-refractivity contribution in [2.24, 2.45) is 34.0 Å². The van der Waals surface area contributed by atoms with Gasteiger partial charge in [0.2, 0.25) is 11.8 Å². The maximum Gasteiger partial charge on any atom is 0.325 e. The van der Waals surface area contributed by atoms with Gasteiger partial charge < -0.3 is 15.4 Å². The van der Waals surface area contributed by atoms with Crippen LogP contribution in [0.2, 0.25) is 0 Å². The number of hydrogen-bond donors (Lipinski definition) is 2. The molecule has 0 heterocycles. The number of carbonyl (C=O) groups is 4. The van der Waals surface area contributed by atoms with Crippen LogP contribution >= 0.6 is 0 Å². The Morgan fingerprint density at radius 1 is 0.830 bits per heavy atom. The summed E-state index contributed by atoms with van der Waals surface area (Å²) < 4.78 is 5.96. The number of esters is 1. The highest BCUT2D eigenvalue weighted by Gasteiger charge is 2.60. The lowest BCUT2D eigenvalue weighted by molar-refractivity contribution is -0.159. The van der Waals surface area contributed by atoms with E-state index in [1.807, 2.05) is 68.4 Å². The molecule has 0 saturated heterocycles. The summed E-state index contributed by atoms with van der Waals surface area (Å²) in [4.78, 5) is 49.0. The van der Waals surface area contributed by atoms with Gasteiger partial charge in [0.25, 0.3) is 0 Å². The van der Waals surface area contributed by atoms with E-state index in [9.17, 15) is 19.2 Å². The molecular formula is C40H74N2O5. The van der Waals surface area contributed by atoms with Gasteiger partial charge in [-0.2, -0.15) is 0 Å². The predicted molar refractivity (Wildman–Crippen MR) is 196 cm³/mol. The number of fused-ring (bicyclic) bond motifs is 5. The minimum absolute atomic E-state index is 0.0391. The summed E-state index contributed by atoms with van der Waals surface area (Å²) in [7, 11) is 0. The first-order chi connectivity index (χ1) is 22.3. The summed E-state index contributed by atoms with van der Waals surface area (Å²) in [6.45, 7) is 26.4. The number of unbranched alkanes of at least 4 members (excludes halogenated alkanes) is 2. The number of hydrogen-bond acceptors (Lipinski definition) is 5. The van der Waals surface area contributed by atoms with Gasteiger partial charge >= 0.3 is 5.97 Å². The molecule has 2 amide bonds. The first kappa shape index (κ1) is 44.8. The van der Waals surface area contributed by atoms with Crippen molar-refractivity contribution in [1.29, 1.82) is 0 Å². The van der Waals surface area contributed by atoms with E-state index in [0.29, 0.717) is 30.6 Å². The molecule has 274 valence electrons. The highest BCUT2D eigenvalue weighted by atomic mass is 16.5. The van der Waals surface area contributed by atoms with Crippen LogP contribution < -0.4 is 10.6 Å². The van der Waals surface area contributed by atoms with Crippen LogP contribution in [0.4, 0.5) is 0 Å². The Morgan fingerprint density at radius 3 is 2.00 bits per heavy atom. The van der Waals surface area contributed by atoms with Crippen molar-refractivity contribution >= 4 is 23.6 Å². The second-order valence-corrected chi connectivity index (χ2v) is 14.1. The number of rotatable bonds is 9. The third-order valence-electron chi connectivity index (χ3n) is 11.2. The number of amides is 2. The van der Waals surface area contributed by atoms with Crippen molar-refractivity contribution < 1.29 is 23.9 Å². The topological polar surface area (TPSA) is 102 Å². The molecule has 0 aromatic heterocycles. The summed E-state index contributed by atoms with van der Waals surface area (Å²) in [6, 6.07) is 0. The Hall–Kier alpha value is -2.18. The number of ether oxygens (including phenoxy) is 1. The second-order valence-electron chi connectivity index (χ2n) is 14.1. The zero-order valence-corrected chi connectivity index (χ0v) is 32.8. The van der Waals surface area contributed by atoms with E-state index in [4.69, 9.17) is 4.74 Å². The number of nitrogens with one attached hydrogen (secondary N) is 2. The van der Waals surface area contributed by atoms with Gasteiger partial charge in [0, 0.05) is 17.3 Å². The van der Waals surface area contributed by atoms with E-state index < -0.39 is 17.3 Å². The summed E-state index contributed by atoms with van der Waals surface area (Å²) in [5, 5.41) is 5.23. The summed E-state index contributed by atoms with van der Waals surface area (Å²) in [6.07, 6.45) is 14.4. The van der Waals surface area contributed by atoms with E-state index in [1.165, 1.54) is 24.8 Å². The molecule has 4 aliphatic rings. The molecule has 0 bridgehead atoms. The number of ketones is 1. The zero-order valence-electron chi connectivity index (χ0n) is 32.8. The Balaban J connectivity index is 0.00000171. The molecule has 0 spiro atoms. The molecule has 47 heavy (non-hydrogen) atoms. The van der Waals surface area contributed by atoms with Gasteiger partial charge in [0.05, 0.1) is 6.54 Å². The van der Waals surface area contributed by atoms with Crippen LogP contribution in [-0.2, 0) is 23.9 Å². The van der Waals surface area contributed by atoms with Gasteiger partial charge in [-0.1, -0.05) is 115 Å². The van der Waals surface area contributed by atoms with Crippen LogP contribution in [0.1, 0.15) is 167 Å². The maximum atomic E-state index is 12.7. The van der Waals surface area contributed by atoms with E-state index in [2.05, 4.69) is 38.3 Å². The average Bonchev–Trinajstić information content (AvgIpc) is 3.41. The lowest BCUT2D eigenvalue weighted by Crippen LogP contribution is -2.52. The molecule has 0 aromatic rings. The third-order valence-corrected chi connectivity index (χ3v) is 11.2. The molecule has 7 nitrogen and oxygen atoms in total. The first-order valence-corrected chi connectivity index (χ1v) is 19.3. The van der Waals surface area contributed by atoms with Gasteiger partial charge in [0.1, 0.15) is 12.6 Å². The SMILES string of the molecule is CC.CC.CC.CCC(C)(C)C(=O)NCC(=O)NCC(=O)OC1CCC2C3CCC4=CC(=O)CCC4(C)C3CCC12C.CCCCC. The quantitative estimate of drug-likeness (QED) is 0.240. The maximum absolute atomic E-state index is 12.7. The van der Waals surface area contributed by atoms with Crippen molar-refractivity contribution in [3.63, 3.8) is 0 Å². The van der Waals surface area contributed by atoms with E-state index in [0.717, 1.165) is 44.9 Å². The van der Waals surface area contributed by atoms with Crippen LogP contribution in [0.3, 0.4) is 0 Å². The van der Waals surface area contributed by atoms with Gasteiger partial charge in [-0.15, -0.1) is 0 Å². The molecule has 3 fully saturated rings. The average molecular weight is 663 g/mol. The molecule has 4 aliphatic carbocycles. The Kier molecular flexibility index (Phi) is 20.7. The van der Waals surface area contributed by atoms with Crippen molar-refractivity contribution in [2.45, 2.75) is 173 Å². The fraction of sp³-hybridized carbons (Fsp3) is 0.850. The third kappa shape index (κ3) is 11.7. The van der Waals surface area contributed by atoms with Crippen molar-refractivity contribution in [3.8, 4) is 0 Å². The van der Waals surface area contributed by atoms with Crippen molar-refractivity contribution in [3.05, 3.63) is 11.6 Å². The van der Waals surface area contributed by atoms with Crippen molar-refractivity contribution in [1.82, 2.24) is 10.6 Å². The molecule has 6 unspecified atom stereocenters. The molecule has 6 atom stereocenters. The highest BCUT2D eigenvalue weighted by molar-refractivity contribution is 5.91. The zero-order chi connectivity index (χ0) is 36.4. The Morgan fingerprint density at radius 2 is 1.45 bits per heavy atom. The standard InChI is InChI=1S/C29H44N2O5.C5H12.3C2H6/c1-6-27(2,3)26(35)31-16-24(33)30-17-25(34)36-23-10-9-21-20-8-7-18-15-19(32)11-13-28(18,4)22(20)12-14-29(21,23)5;1-3-5-4-2;3*1-2/h15,20-23H,6-14,16-17H2,1-5H3,(H,30,33)(H,31,35);3-5H2,1-2H3;3*1-2H3. The second kappa shape index (κ2) is 21.7. The Bertz CT molecular complexity index is 1000. The van der Waals surface area contributed by atoms with Crippen LogP contribution in [0.5, 0.6) is 0 Å². The summed E-state index contributed by atoms with van der Waals surface area (Å²) >= 11 is 0. The minimum atomic E-state index is -0.533. The fourth-order valence-electron chi connectivity index (χ4n) is 8.05. The predicted octanol–water partition coefficient (Wildman–Crippen LogP) is 9.37. The van der Waals surface area contributed by atoms with Gasteiger partial charge in [-0.05, 0) is 80.6 Å². The molecule has 0 aliphatic heterocycles. The monoisotopic (exact) mass is 663 g/mol. The number of carbonyl (C=O) groups excluding carboxylic acids is 4. The molecule has 0 radical (unpaired) electrons. The van der Waals surface area contributed by atoms with Crippen LogP contribution in [0, 0.1) is 34.0 Å². The molecular weight excluding hydrogens is 588 g/mol. The summed E-state index contributed by atoms with van der Waals surface area (Å²) in [5.41, 5.74) is 0.936.